The van der Waals surface area contributed by atoms with Crippen LogP contribution < -0.4 is 0 Å². The van der Waals surface area contributed by atoms with E-state index in [-0.39, 0.29) is 5.82 Å². The van der Waals surface area contributed by atoms with Crippen LogP contribution in [-0.2, 0) is 0 Å². The van der Waals surface area contributed by atoms with Gasteiger partial charge in [0, 0.05) is 11.6 Å². The number of fused-ring (bicyclic) bond motifs is 1. The van der Waals surface area contributed by atoms with Crippen LogP contribution in [0.3, 0.4) is 0 Å². The Morgan fingerprint density at radius 2 is 2.11 bits per heavy atom. The summed E-state index contributed by atoms with van der Waals surface area (Å²) in [5.74, 6) is 0.319. The van der Waals surface area contributed by atoms with Gasteiger partial charge in [0.2, 0.25) is 0 Å². The number of aryl methyl sites for hydroxylation is 1. The smallest absolute Gasteiger partial charge is 0.140 e. The van der Waals surface area contributed by atoms with Crippen molar-refractivity contribution in [3.8, 4) is 11.4 Å². The van der Waals surface area contributed by atoms with Gasteiger partial charge in [-0.05, 0) is 40.5 Å². The highest BCUT2D eigenvalue weighted by atomic mass is 79.9. The number of hydrogen-bond donors (Lipinski definition) is 1. The molecule has 19 heavy (non-hydrogen) atoms. The maximum atomic E-state index is 13.5. The van der Waals surface area contributed by atoms with Crippen LogP contribution in [0.2, 0.25) is 5.02 Å². The molecular formula is C14H9BrClFN2. The van der Waals surface area contributed by atoms with E-state index in [1.54, 1.807) is 6.07 Å². The molecule has 5 heteroatoms. The molecule has 1 N–H and O–H groups in total. The predicted octanol–water partition coefficient (Wildman–Crippen LogP) is 5.09. The summed E-state index contributed by atoms with van der Waals surface area (Å²) >= 11 is 9.43. The van der Waals surface area contributed by atoms with Crippen molar-refractivity contribution < 1.29 is 4.39 Å². The third kappa shape index (κ3) is 2.15. The molecule has 1 heterocycles. The zero-order chi connectivity index (χ0) is 13.6. The van der Waals surface area contributed by atoms with Gasteiger partial charge in [0.05, 0.1) is 20.5 Å². The first-order chi connectivity index (χ1) is 9.06. The van der Waals surface area contributed by atoms with E-state index in [2.05, 4.69) is 25.9 Å². The van der Waals surface area contributed by atoms with Crippen molar-refractivity contribution >= 4 is 38.6 Å². The Bertz CT molecular complexity index is 743. The highest BCUT2D eigenvalue weighted by molar-refractivity contribution is 9.10. The van der Waals surface area contributed by atoms with E-state index in [1.807, 2.05) is 25.1 Å². The molecule has 1 aromatic heterocycles. The molecule has 0 saturated heterocycles. The van der Waals surface area contributed by atoms with Crippen molar-refractivity contribution in [2.75, 3.05) is 0 Å². The summed E-state index contributed by atoms with van der Waals surface area (Å²) in [6.45, 7) is 1.94. The zero-order valence-electron chi connectivity index (χ0n) is 9.97. The Morgan fingerprint density at radius 1 is 1.32 bits per heavy atom. The normalized spacial score (nSPS) is 11.2. The van der Waals surface area contributed by atoms with Gasteiger partial charge < -0.3 is 4.98 Å². The van der Waals surface area contributed by atoms with Gasteiger partial charge in [-0.2, -0.15) is 0 Å². The molecule has 0 aliphatic rings. The number of rotatable bonds is 1. The molecule has 0 unspecified atom stereocenters. The largest absolute Gasteiger partial charge is 0.338 e. The van der Waals surface area contributed by atoms with E-state index < -0.39 is 0 Å². The number of aromatic amines is 1. The van der Waals surface area contributed by atoms with Crippen molar-refractivity contribution in [3.05, 3.63) is 51.2 Å². The van der Waals surface area contributed by atoms with Gasteiger partial charge in [-0.3, -0.25) is 0 Å². The number of nitrogens with zero attached hydrogens (tertiary/aromatic N) is 1. The highest BCUT2D eigenvalue weighted by Crippen LogP contribution is 2.31. The summed E-state index contributed by atoms with van der Waals surface area (Å²) in [4.78, 5) is 7.54. The van der Waals surface area contributed by atoms with Crippen LogP contribution in [0, 0.1) is 12.7 Å². The zero-order valence-corrected chi connectivity index (χ0v) is 12.3. The average molecular weight is 340 g/mol. The molecule has 2 nitrogen and oxygen atoms in total. The lowest BCUT2D eigenvalue weighted by molar-refractivity contribution is 0.623. The first-order valence-corrected chi connectivity index (χ1v) is 6.83. The minimum Gasteiger partial charge on any atom is -0.338 e. The Hall–Kier alpha value is -1.39. The maximum Gasteiger partial charge on any atom is 0.140 e. The first kappa shape index (κ1) is 12.6. The molecule has 0 atom stereocenters. The molecule has 0 saturated carbocycles. The second-order valence-electron chi connectivity index (χ2n) is 4.31. The molecule has 3 rings (SSSR count). The number of halogens is 3. The van der Waals surface area contributed by atoms with Crippen LogP contribution in [0.15, 0.2) is 34.8 Å². The fourth-order valence-electron chi connectivity index (χ4n) is 1.96. The standard InChI is InChI=1S/C14H9BrClFN2/c1-7-3-2-4-8(13(7)16)14-18-11-5-9(15)10(17)6-12(11)19-14/h2-6H,1H3,(H,18,19). The summed E-state index contributed by atoms with van der Waals surface area (Å²) in [6, 6.07) is 8.80. The van der Waals surface area contributed by atoms with E-state index in [0.29, 0.717) is 26.4 Å². The predicted molar refractivity (Wildman–Crippen MR) is 78.9 cm³/mol. The lowest BCUT2D eigenvalue weighted by Gasteiger charge is -2.02. The minimum atomic E-state index is -0.321. The summed E-state index contributed by atoms with van der Waals surface area (Å²) in [7, 11) is 0. The number of aromatic nitrogens is 2. The third-order valence-corrected chi connectivity index (χ3v) is 4.08. The number of benzene rings is 2. The molecule has 96 valence electrons. The number of H-pyrrole nitrogens is 1. The number of nitrogens with one attached hydrogen (secondary N) is 1. The van der Waals surface area contributed by atoms with Crippen LogP contribution in [0.5, 0.6) is 0 Å². The van der Waals surface area contributed by atoms with Gasteiger partial charge in [-0.25, -0.2) is 9.37 Å². The molecule has 0 aliphatic heterocycles. The molecule has 0 spiro atoms. The van der Waals surface area contributed by atoms with Gasteiger partial charge in [-0.1, -0.05) is 23.7 Å². The Labute approximate surface area is 122 Å². The van der Waals surface area contributed by atoms with Crippen LogP contribution in [-0.4, -0.2) is 9.97 Å². The van der Waals surface area contributed by atoms with Crippen LogP contribution >= 0.6 is 27.5 Å². The van der Waals surface area contributed by atoms with Crippen LogP contribution in [0.1, 0.15) is 5.56 Å². The van der Waals surface area contributed by atoms with Gasteiger partial charge >= 0.3 is 0 Å². The molecule has 0 bridgehead atoms. The fourth-order valence-corrected chi connectivity index (χ4v) is 2.51. The Balaban J connectivity index is 2.23. The van der Waals surface area contributed by atoms with Gasteiger partial charge in [0.25, 0.3) is 0 Å². The van der Waals surface area contributed by atoms with Gasteiger partial charge in [0.15, 0.2) is 0 Å². The fraction of sp³-hybridized carbons (Fsp3) is 0.0714. The Morgan fingerprint density at radius 3 is 2.89 bits per heavy atom. The molecule has 0 radical (unpaired) electrons. The van der Waals surface area contributed by atoms with E-state index in [0.717, 1.165) is 11.1 Å². The average Bonchev–Trinajstić information content (AvgIpc) is 2.76. The second-order valence-corrected chi connectivity index (χ2v) is 5.54. The SMILES string of the molecule is Cc1cccc(-c2nc3cc(Br)c(F)cc3[nH]2)c1Cl. The second kappa shape index (κ2) is 4.62. The quantitative estimate of drug-likeness (QED) is 0.657. The first-order valence-electron chi connectivity index (χ1n) is 5.66. The Kier molecular flexibility index (Phi) is 3.07. The number of hydrogen-bond acceptors (Lipinski definition) is 1. The van der Waals surface area contributed by atoms with Gasteiger partial charge in [-0.15, -0.1) is 0 Å². The van der Waals surface area contributed by atoms with Crippen molar-refractivity contribution in [1.82, 2.24) is 9.97 Å². The molecular weight excluding hydrogens is 331 g/mol. The highest BCUT2D eigenvalue weighted by Gasteiger charge is 2.12. The summed E-state index contributed by atoms with van der Waals surface area (Å²) < 4.78 is 13.9. The maximum absolute atomic E-state index is 13.5. The lowest BCUT2D eigenvalue weighted by Crippen LogP contribution is -1.84. The van der Waals surface area contributed by atoms with Crippen molar-refractivity contribution in [3.63, 3.8) is 0 Å². The molecule has 0 fully saturated rings. The molecule has 3 aromatic rings. The molecule has 0 amide bonds. The van der Waals surface area contributed by atoms with Crippen LogP contribution in [0.4, 0.5) is 4.39 Å². The summed E-state index contributed by atoms with van der Waals surface area (Å²) in [5, 5.41) is 0.654. The van der Waals surface area contributed by atoms with E-state index in [9.17, 15) is 4.39 Å². The van der Waals surface area contributed by atoms with E-state index in [4.69, 9.17) is 11.6 Å². The van der Waals surface area contributed by atoms with Crippen LogP contribution in [0.25, 0.3) is 22.4 Å². The monoisotopic (exact) mass is 338 g/mol. The van der Waals surface area contributed by atoms with Crippen molar-refractivity contribution in [1.29, 1.82) is 0 Å². The van der Waals surface area contributed by atoms with Gasteiger partial charge in [0.1, 0.15) is 11.6 Å². The number of imidazole rings is 1. The lowest BCUT2D eigenvalue weighted by atomic mass is 10.1. The topological polar surface area (TPSA) is 28.7 Å². The van der Waals surface area contributed by atoms with Crippen molar-refractivity contribution in [2.24, 2.45) is 0 Å². The summed E-state index contributed by atoms with van der Waals surface area (Å²) in [5.41, 5.74) is 3.13. The summed E-state index contributed by atoms with van der Waals surface area (Å²) in [6.07, 6.45) is 0. The van der Waals surface area contributed by atoms with Crippen molar-refractivity contribution in [2.45, 2.75) is 6.92 Å². The molecule has 2 aromatic carbocycles. The van der Waals surface area contributed by atoms with E-state index >= 15 is 0 Å². The minimum absolute atomic E-state index is 0.321. The van der Waals surface area contributed by atoms with E-state index in [1.165, 1.54) is 6.07 Å². The third-order valence-electron chi connectivity index (χ3n) is 2.97. The molecule has 0 aliphatic carbocycles.